The van der Waals surface area contributed by atoms with Gasteiger partial charge in [0.05, 0.1) is 4.88 Å². The van der Waals surface area contributed by atoms with Gasteiger partial charge >= 0.3 is 5.97 Å². The summed E-state index contributed by atoms with van der Waals surface area (Å²) in [6.07, 6.45) is 2.37. The number of amides is 2. The van der Waals surface area contributed by atoms with Gasteiger partial charge in [-0.25, -0.2) is 4.79 Å². The number of carbonyl (C=O) groups is 3. The van der Waals surface area contributed by atoms with E-state index in [-0.39, 0.29) is 5.91 Å². The van der Waals surface area contributed by atoms with Crippen molar-refractivity contribution >= 4 is 29.1 Å². The molecule has 3 N–H and O–H groups in total. The fourth-order valence-corrected chi connectivity index (χ4v) is 3.36. The van der Waals surface area contributed by atoms with Gasteiger partial charge in [-0.05, 0) is 50.0 Å². The molecule has 0 spiro atoms. The number of thiophene rings is 1. The van der Waals surface area contributed by atoms with E-state index in [4.69, 9.17) is 0 Å². The Morgan fingerprint density at radius 3 is 2.52 bits per heavy atom. The van der Waals surface area contributed by atoms with Crippen molar-refractivity contribution in [3.63, 3.8) is 0 Å². The lowest BCUT2D eigenvalue weighted by Crippen LogP contribution is -2.60. The molecule has 23 heavy (non-hydrogen) atoms. The molecule has 1 aliphatic rings. The SMILES string of the molecule is CC1CCC(NC(=O)C(C)NC(=O)c2cccs2)(C(=O)O)CC1. The Balaban J connectivity index is 1.98. The third-order valence-electron chi connectivity index (χ3n) is 4.39. The Kier molecular flexibility index (Phi) is 5.41. The molecule has 1 aliphatic carbocycles. The lowest BCUT2D eigenvalue weighted by atomic mass is 9.77. The van der Waals surface area contributed by atoms with Gasteiger partial charge in [-0.1, -0.05) is 13.0 Å². The highest BCUT2D eigenvalue weighted by molar-refractivity contribution is 7.12. The topological polar surface area (TPSA) is 95.5 Å². The number of hydrogen-bond acceptors (Lipinski definition) is 4. The molecule has 1 aromatic rings. The standard InChI is InChI=1S/C16H22N2O4S/c1-10-5-7-16(8-6-10,15(21)22)18-13(19)11(2)17-14(20)12-4-3-9-23-12/h3-4,9-11H,5-8H2,1-2H3,(H,17,20)(H,18,19)(H,21,22). The number of carbonyl (C=O) groups excluding carboxylic acids is 2. The second-order valence-corrected chi connectivity index (χ2v) is 7.18. The number of nitrogens with one attached hydrogen (secondary N) is 2. The maximum Gasteiger partial charge on any atom is 0.329 e. The van der Waals surface area contributed by atoms with Crippen LogP contribution in [0.2, 0.25) is 0 Å². The first-order valence-corrected chi connectivity index (χ1v) is 8.62. The predicted octanol–water partition coefficient (Wildman–Crippen LogP) is 2.02. The summed E-state index contributed by atoms with van der Waals surface area (Å²) in [5, 5.41) is 16.6. The average molecular weight is 338 g/mol. The van der Waals surface area contributed by atoms with Crippen LogP contribution in [0.5, 0.6) is 0 Å². The maximum absolute atomic E-state index is 12.3. The summed E-state index contributed by atoms with van der Waals surface area (Å²) in [7, 11) is 0. The number of hydrogen-bond donors (Lipinski definition) is 3. The van der Waals surface area contributed by atoms with E-state index >= 15 is 0 Å². The number of carboxylic acid groups (broad SMARTS) is 1. The van der Waals surface area contributed by atoms with Gasteiger partial charge < -0.3 is 15.7 Å². The van der Waals surface area contributed by atoms with E-state index in [0.29, 0.717) is 23.6 Å². The summed E-state index contributed by atoms with van der Waals surface area (Å²) < 4.78 is 0. The van der Waals surface area contributed by atoms with E-state index in [1.807, 2.05) is 0 Å². The summed E-state index contributed by atoms with van der Waals surface area (Å²) in [6, 6.07) is 2.64. The highest BCUT2D eigenvalue weighted by atomic mass is 32.1. The van der Waals surface area contributed by atoms with Crippen LogP contribution in [0.1, 0.15) is 49.2 Å². The fourth-order valence-electron chi connectivity index (χ4n) is 2.73. The molecule has 1 atom stereocenters. The van der Waals surface area contributed by atoms with E-state index in [0.717, 1.165) is 12.8 Å². The zero-order valence-electron chi connectivity index (χ0n) is 13.3. The van der Waals surface area contributed by atoms with Crippen LogP contribution in [-0.4, -0.2) is 34.5 Å². The molecule has 0 aliphatic heterocycles. The zero-order valence-corrected chi connectivity index (χ0v) is 14.1. The Labute approximate surface area is 139 Å². The monoisotopic (exact) mass is 338 g/mol. The second kappa shape index (κ2) is 7.12. The van der Waals surface area contributed by atoms with Crippen LogP contribution in [0.15, 0.2) is 17.5 Å². The van der Waals surface area contributed by atoms with Crippen molar-refractivity contribution in [2.45, 2.75) is 51.1 Å². The van der Waals surface area contributed by atoms with Crippen LogP contribution in [-0.2, 0) is 9.59 Å². The minimum absolute atomic E-state index is 0.329. The summed E-state index contributed by atoms with van der Waals surface area (Å²) >= 11 is 1.29. The van der Waals surface area contributed by atoms with E-state index in [1.54, 1.807) is 24.4 Å². The minimum Gasteiger partial charge on any atom is -0.480 e. The molecule has 1 unspecified atom stereocenters. The quantitative estimate of drug-likeness (QED) is 0.765. The van der Waals surface area contributed by atoms with Gasteiger partial charge in [0.25, 0.3) is 5.91 Å². The largest absolute Gasteiger partial charge is 0.480 e. The Bertz CT molecular complexity index is 577. The normalized spacial score (nSPS) is 25.4. The van der Waals surface area contributed by atoms with Crippen LogP contribution in [0.4, 0.5) is 0 Å². The second-order valence-electron chi connectivity index (χ2n) is 6.23. The van der Waals surface area contributed by atoms with Crippen molar-refractivity contribution in [2.75, 3.05) is 0 Å². The van der Waals surface area contributed by atoms with Crippen molar-refractivity contribution in [1.82, 2.24) is 10.6 Å². The van der Waals surface area contributed by atoms with Crippen LogP contribution < -0.4 is 10.6 Å². The molecule has 2 amide bonds. The lowest BCUT2D eigenvalue weighted by molar-refractivity contribution is -0.149. The smallest absolute Gasteiger partial charge is 0.329 e. The third kappa shape index (κ3) is 4.10. The molecule has 0 radical (unpaired) electrons. The number of aliphatic carboxylic acids is 1. The maximum atomic E-state index is 12.3. The molecule has 1 aromatic heterocycles. The van der Waals surface area contributed by atoms with E-state index in [2.05, 4.69) is 17.6 Å². The first-order chi connectivity index (χ1) is 10.8. The molecule has 0 saturated heterocycles. The van der Waals surface area contributed by atoms with E-state index in [1.165, 1.54) is 11.3 Å². The molecular formula is C16H22N2O4S. The molecule has 2 rings (SSSR count). The molecule has 1 fully saturated rings. The molecule has 0 aromatic carbocycles. The number of rotatable bonds is 5. The van der Waals surface area contributed by atoms with Crippen molar-refractivity contribution < 1.29 is 19.5 Å². The van der Waals surface area contributed by atoms with Gasteiger partial charge in [0.15, 0.2) is 0 Å². The third-order valence-corrected chi connectivity index (χ3v) is 5.25. The van der Waals surface area contributed by atoms with Crippen LogP contribution in [0, 0.1) is 5.92 Å². The molecular weight excluding hydrogens is 316 g/mol. The van der Waals surface area contributed by atoms with Gasteiger partial charge in [0.1, 0.15) is 11.6 Å². The van der Waals surface area contributed by atoms with Gasteiger partial charge in [0, 0.05) is 0 Å². The van der Waals surface area contributed by atoms with Crippen LogP contribution in [0.25, 0.3) is 0 Å². The Morgan fingerprint density at radius 2 is 2.00 bits per heavy atom. The molecule has 0 bridgehead atoms. The Morgan fingerprint density at radius 1 is 1.35 bits per heavy atom. The summed E-state index contributed by atoms with van der Waals surface area (Å²) in [5.74, 6) is -1.33. The van der Waals surface area contributed by atoms with Crippen LogP contribution in [0.3, 0.4) is 0 Å². The van der Waals surface area contributed by atoms with Crippen LogP contribution >= 0.6 is 11.3 Å². The molecule has 126 valence electrons. The fraction of sp³-hybridized carbons (Fsp3) is 0.562. The zero-order chi connectivity index (χ0) is 17.0. The van der Waals surface area contributed by atoms with Gasteiger partial charge in [0.2, 0.25) is 5.91 Å². The van der Waals surface area contributed by atoms with Gasteiger partial charge in [-0.15, -0.1) is 11.3 Å². The average Bonchev–Trinajstić information content (AvgIpc) is 3.03. The van der Waals surface area contributed by atoms with Gasteiger partial charge in [-0.2, -0.15) is 0 Å². The van der Waals surface area contributed by atoms with Crippen molar-refractivity contribution in [1.29, 1.82) is 0 Å². The van der Waals surface area contributed by atoms with Crippen molar-refractivity contribution in [2.24, 2.45) is 5.92 Å². The van der Waals surface area contributed by atoms with Crippen molar-refractivity contribution in [3.8, 4) is 0 Å². The number of carboxylic acids is 1. The predicted molar refractivity (Wildman–Crippen MR) is 87.4 cm³/mol. The summed E-state index contributed by atoms with van der Waals surface area (Å²) in [4.78, 5) is 36.5. The molecule has 1 saturated carbocycles. The highest BCUT2D eigenvalue weighted by Gasteiger charge is 2.43. The first-order valence-electron chi connectivity index (χ1n) is 7.74. The molecule has 6 nitrogen and oxygen atoms in total. The Hall–Kier alpha value is -1.89. The van der Waals surface area contributed by atoms with Gasteiger partial charge in [-0.3, -0.25) is 9.59 Å². The van der Waals surface area contributed by atoms with E-state index in [9.17, 15) is 19.5 Å². The molecule has 7 heteroatoms. The summed E-state index contributed by atoms with van der Waals surface area (Å²) in [6.45, 7) is 3.64. The lowest BCUT2D eigenvalue weighted by Gasteiger charge is -2.37. The highest BCUT2D eigenvalue weighted by Crippen LogP contribution is 2.32. The van der Waals surface area contributed by atoms with E-state index < -0.39 is 23.5 Å². The first kappa shape index (κ1) is 17.5. The minimum atomic E-state index is -1.22. The van der Waals surface area contributed by atoms with Crippen molar-refractivity contribution in [3.05, 3.63) is 22.4 Å². The molecule has 1 heterocycles. The summed E-state index contributed by atoms with van der Waals surface area (Å²) in [5.41, 5.74) is -1.22.